The molecule has 0 aliphatic rings. The summed E-state index contributed by atoms with van der Waals surface area (Å²) in [5.41, 5.74) is 2.71. The van der Waals surface area contributed by atoms with Crippen LogP contribution in [-0.2, 0) is 27.2 Å². The standard InChI is InChI=1S/C20H19FN2O3/c21-16-7-5-14(6-8-16)9-10-22-19(24)13-26-20(25)11-15-12-23-18-4-2-1-3-17(15)18/h1-8,12,23H,9-11,13H2,(H,22,24). The van der Waals surface area contributed by atoms with Gasteiger partial charge in [0.15, 0.2) is 6.61 Å². The Kier molecular flexibility index (Phi) is 5.63. The van der Waals surface area contributed by atoms with Gasteiger partial charge in [-0.15, -0.1) is 0 Å². The van der Waals surface area contributed by atoms with Crippen molar-refractivity contribution in [1.29, 1.82) is 0 Å². The molecule has 0 aliphatic carbocycles. The van der Waals surface area contributed by atoms with Gasteiger partial charge in [-0.2, -0.15) is 0 Å². The van der Waals surface area contributed by atoms with Crippen molar-refractivity contribution in [3.63, 3.8) is 0 Å². The highest BCUT2D eigenvalue weighted by Crippen LogP contribution is 2.18. The number of halogens is 1. The Morgan fingerprint density at radius 3 is 2.65 bits per heavy atom. The van der Waals surface area contributed by atoms with Gasteiger partial charge >= 0.3 is 5.97 Å². The first-order valence-electron chi connectivity index (χ1n) is 8.33. The number of esters is 1. The molecule has 0 spiro atoms. The molecule has 0 saturated heterocycles. The highest BCUT2D eigenvalue weighted by Gasteiger charge is 2.11. The molecule has 2 aromatic carbocycles. The molecule has 6 heteroatoms. The molecule has 5 nitrogen and oxygen atoms in total. The molecule has 0 saturated carbocycles. The summed E-state index contributed by atoms with van der Waals surface area (Å²) in [5.74, 6) is -1.11. The molecular formula is C20H19FN2O3. The number of carbonyl (C=O) groups is 2. The van der Waals surface area contributed by atoms with Crippen LogP contribution in [-0.4, -0.2) is 30.0 Å². The van der Waals surface area contributed by atoms with Crippen LogP contribution in [0, 0.1) is 5.82 Å². The van der Waals surface area contributed by atoms with Gasteiger partial charge in [0.2, 0.25) is 0 Å². The van der Waals surface area contributed by atoms with Crippen LogP contribution in [0.15, 0.2) is 54.7 Å². The SMILES string of the molecule is O=C(COC(=O)Cc1c[nH]c2ccccc12)NCCc1ccc(F)cc1. The smallest absolute Gasteiger partial charge is 0.310 e. The number of H-pyrrole nitrogens is 1. The summed E-state index contributed by atoms with van der Waals surface area (Å²) in [6, 6.07) is 13.8. The number of ether oxygens (including phenoxy) is 1. The number of aromatic nitrogens is 1. The van der Waals surface area contributed by atoms with E-state index >= 15 is 0 Å². The van der Waals surface area contributed by atoms with E-state index in [1.54, 1.807) is 18.3 Å². The summed E-state index contributed by atoms with van der Waals surface area (Å²) < 4.78 is 17.8. The molecule has 0 radical (unpaired) electrons. The summed E-state index contributed by atoms with van der Waals surface area (Å²) in [4.78, 5) is 26.8. The van der Waals surface area contributed by atoms with Crippen molar-refractivity contribution in [1.82, 2.24) is 10.3 Å². The van der Waals surface area contributed by atoms with E-state index in [1.165, 1.54) is 12.1 Å². The van der Waals surface area contributed by atoms with Crippen LogP contribution in [0.5, 0.6) is 0 Å². The minimum Gasteiger partial charge on any atom is -0.455 e. The average Bonchev–Trinajstić information content (AvgIpc) is 3.05. The minimum absolute atomic E-state index is 0.104. The molecule has 134 valence electrons. The molecule has 3 aromatic rings. The van der Waals surface area contributed by atoms with Crippen LogP contribution < -0.4 is 5.32 Å². The van der Waals surface area contributed by atoms with Gasteiger partial charge < -0.3 is 15.0 Å². The van der Waals surface area contributed by atoms with E-state index in [1.807, 2.05) is 24.3 Å². The van der Waals surface area contributed by atoms with Gasteiger partial charge in [0.25, 0.3) is 5.91 Å². The molecular weight excluding hydrogens is 335 g/mol. The van der Waals surface area contributed by atoms with Gasteiger partial charge in [-0.3, -0.25) is 9.59 Å². The Balaban J connectivity index is 1.39. The Morgan fingerprint density at radius 2 is 1.85 bits per heavy atom. The highest BCUT2D eigenvalue weighted by molar-refractivity contribution is 5.88. The lowest BCUT2D eigenvalue weighted by atomic mass is 10.1. The van der Waals surface area contributed by atoms with Crippen LogP contribution in [0.3, 0.4) is 0 Å². The Bertz CT molecular complexity index is 903. The van der Waals surface area contributed by atoms with Crippen molar-refractivity contribution in [2.75, 3.05) is 13.2 Å². The first-order valence-corrected chi connectivity index (χ1v) is 8.33. The number of nitrogens with one attached hydrogen (secondary N) is 2. The summed E-state index contributed by atoms with van der Waals surface area (Å²) in [6.07, 6.45) is 2.46. The predicted octanol–water partition coefficient (Wildman–Crippen LogP) is 2.75. The third kappa shape index (κ3) is 4.69. The maximum absolute atomic E-state index is 12.8. The van der Waals surface area contributed by atoms with Crippen molar-refractivity contribution in [2.24, 2.45) is 0 Å². The lowest BCUT2D eigenvalue weighted by Gasteiger charge is -2.07. The fourth-order valence-corrected chi connectivity index (χ4v) is 2.68. The number of rotatable bonds is 7. The van der Waals surface area contributed by atoms with E-state index in [4.69, 9.17) is 4.74 Å². The number of fused-ring (bicyclic) bond motifs is 1. The van der Waals surface area contributed by atoms with E-state index in [0.29, 0.717) is 13.0 Å². The normalized spacial score (nSPS) is 10.7. The van der Waals surface area contributed by atoms with Gasteiger partial charge in [0, 0.05) is 23.6 Å². The number of hydrogen-bond donors (Lipinski definition) is 2. The summed E-state index contributed by atoms with van der Waals surface area (Å²) >= 11 is 0. The molecule has 1 heterocycles. The number of hydrogen-bond acceptors (Lipinski definition) is 3. The lowest BCUT2D eigenvalue weighted by Crippen LogP contribution is -2.30. The van der Waals surface area contributed by atoms with Gasteiger partial charge in [-0.05, 0) is 35.7 Å². The Morgan fingerprint density at radius 1 is 1.08 bits per heavy atom. The number of amides is 1. The van der Waals surface area contributed by atoms with Gasteiger partial charge in [0.05, 0.1) is 6.42 Å². The van der Waals surface area contributed by atoms with Gasteiger partial charge in [-0.25, -0.2) is 4.39 Å². The van der Waals surface area contributed by atoms with Gasteiger partial charge in [-0.1, -0.05) is 30.3 Å². The van der Waals surface area contributed by atoms with Crippen LogP contribution in [0.4, 0.5) is 4.39 Å². The molecule has 3 rings (SSSR count). The minimum atomic E-state index is -0.455. The Labute approximate surface area is 150 Å². The monoisotopic (exact) mass is 354 g/mol. The van der Waals surface area contributed by atoms with E-state index < -0.39 is 5.97 Å². The van der Waals surface area contributed by atoms with Crippen molar-refractivity contribution in [3.8, 4) is 0 Å². The van der Waals surface area contributed by atoms with Crippen molar-refractivity contribution >= 4 is 22.8 Å². The second-order valence-electron chi connectivity index (χ2n) is 5.92. The first-order chi connectivity index (χ1) is 12.6. The van der Waals surface area contributed by atoms with Crippen LogP contribution >= 0.6 is 0 Å². The third-order valence-corrected chi connectivity index (χ3v) is 4.02. The van der Waals surface area contributed by atoms with E-state index in [-0.39, 0.29) is 24.8 Å². The zero-order valence-corrected chi connectivity index (χ0v) is 14.1. The van der Waals surface area contributed by atoms with Crippen molar-refractivity contribution in [3.05, 3.63) is 71.7 Å². The number of aromatic amines is 1. The topological polar surface area (TPSA) is 71.2 Å². The highest BCUT2D eigenvalue weighted by atomic mass is 19.1. The van der Waals surface area contributed by atoms with Crippen LogP contribution in [0.2, 0.25) is 0 Å². The molecule has 2 N–H and O–H groups in total. The fourth-order valence-electron chi connectivity index (χ4n) is 2.68. The van der Waals surface area contributed by atoms with Crippen LogP contribution in [0.25, 0.3) is 10.9 Å². The second kappa shape index (κ2) is 8.29. The van der Waals surface area contributed by atoms with E-state index in [2.05, 4.69) is 10.3 Å². The Hall–Kier alpha value is -3.15. The predicted molar refractivity (Wildman–Crippen MR) is 96.1 cm³/mol. The second-order valence-corrected chi connectivity index (χ2v) is 5.92. The van der Waals surface area contributed by atoms with E-state index in [9.17, 15) is 14.0 Å². The maximum atomic E-state index is 12.8. The zero-order chi connectivity index (χ0) is 18.4. The summed E-state index contributed by atoms with van der Waals surface area (Å²) in [7, 11) is 0. The largest absolute Gasteiger partial charge is 0.455 e. The summed E-state index contributed by atoms with van der Waals surface area (Å²) in [6.45, 7) is 0.0784. The molecule has 0 fully saturated rings. The fraction of sp³-hybridized carbons (Fsp3) is 0.200. The van der Waals surface area contributed by atoms with Crippen LogP contribution in [0.1, 0.15) is 11.1 Å². The summed E-state index contributed by atoms with van der Waals surface area (Å²) in [5, 5.41) is 3.64. The number of carbonyl (C=O) groups excluding carboxylic acids is 2. The molecule has 1 amide bonds. The average molecular weight is 354 g/mol. The molecule has 26 heavy (non-hydrogen) atoms. The van der Waals surface area contributed by atoms with Gasteiger partial charge in [0.1, 0.15) is 5.82 Å². The molecule has 0 atom stereocenters. The third-order valence-electron chi connectivity index (χ3n) is 4.02. The van der Waals surface area contributed by atoms with Crippen molar-refractivity contribution in [2.45, 2.75) is 12.8 Å². The molecule has 1 aromatic heterocycles. The van der Waals surface area contributed by atoms with E-state index in [0.717, 1.165) is 22.0 Å². The molecule has 0 unspecified atom stereocenters. The molecule has 0 aliphatic heterocycles. The lowest BCUT2D eigenvalue weighted by molar-refractivity contribution is -0.147. The molecule has 0 bridgehead atoms. The first kappa shape index (κ1) is 17.7. The quantitative estimate of drug-likeness (QED) is 0.641. The number of para-hydroxylation sites is 1. The maximum Gasteiger partial charge on any atom is 0.310 e. The van der Waals surface area contributed by atoms with Crippen molar-refractivity contribution < 1.29 is 18.7 Å². The zero-order valence-electron chi connectivity index (χ0n) is 14.1. The number of benzene rings is 2.